The van der Waals surface area contributed by atoms with Crippen molar-refractivity contribution in [1.82, 2.24) is 29.3 Å². The molecule has 1 aliphatic heterocycles. The lowest BCUT2D eigenvalue weighted by Gasteiger charge is -2.15. The van der Waals surface area contributed by atoms with Crippen LogP contribution in [0.1, 0.15) is 24.4 Å². The summed E-state index contributed by atoms with van der Waals surface area (Å²) in [5, 5.41) is 13.8. The van der Waals surface area contributed by atoms with Crippen molar-refractivity contribution in [3.8, 4) is 5.69 Å². The molecule has 1 fully saturated rings. The van der Waals surface area contributed by atoms with Crippen molar-refractivity contribution in [3.05, 3.63) is 46.2 Å². The third kappa shape index (κ3) is 3.87. The van der Waals surface area contributed by atoms with Crippen molar-refractivity contribution in [2.45, 2.75) is 30.3 Å². The Labute approximate surface area is 159 Å². The maximum absolute atomic E-state index is 6.11. The van der Waals surface area contributed by atoms with Gasteiger partial charge in [-0.15, -0.1) is 15.3 Å². The van der Waals surface area contributed by atoms with Gasteiger partial charge in [0, 0.05) is 23.0 Å². The fourth-order valence-electron chi connectivity index (χ4n) is 2.89. The molecule has 3 heterocycles. The molecular formula is C16H17ClN6S2. The van der Waals surface area contributed by atoms with Crippen LogP contribution in [0.2, 0.25) is 4.34 Å². The SMILES string of the molecule is Clc1snnc1CSc1nnc(CN2CCCC2)n1-c1ccccc1. The highest BCUT2D eigenvalue weighted by molar-refractivity contribution is 7.98. The summed E-state index contributed by atoms with van der Waals surface area (Å²) >= 11 is 8.90. The van der Waals surface area contributed by atoms with Crippen LogP contribution in [-0.4, -0.2) is 42.3 Å². The van der Waals surface area contributed by atoms with Crippen molar-refractivity contribution in [3.63, 3.8) is 0 Å². The van der Waals surface area contributed by atoms with Crippen molar-refractivity contribution in [1.29, 1.82) is 0 Å². The van der Waals surface area contributed by atoms with Crippen molar-refractivity contribution >= 4 is 34.9 Å². The second kappa shape index (κ2) is 7.82. The molecule has 0 radical (unpaired) electrons. The van der Waals surface area contributed by atoms with Gasteiger partial charge in [-0.1, -0.05) is 46.1 Å². The number of thioether (sulfide) groups is 1. The molecule has 0 saturated carbocycles. The molecule has 1 aromatic carbocycles. The van der Waals surface area contributed by atoms with Gasteiger partial charge in [0.15, 0.2) is 11.0 Å². The number of benzene rings is 1. The molecule has 130 valence electrons. The van der Waals surface area contributed by atoms with Crippen LogP contribution in [-0.2, 0) is 12.3 Å². The van der Waals surface area contributed by atoms with Gasteiger partial charge < -0.3 is 0 Å². The molecule has 25 heavy (non-hydrogen) atoms. The average Bonchev–Trinajstić information content (AvgIpc) is 3.36. The molecule has 0 atom stereocenters. The Hall–Kier alpha value is -1.48. The number of nitrogens with zero attached hydrogens (tertiary/aromatic N) is 6. The molecule has 1 aliphatic rings. The van der Waals surface area contributed by atoms with Gasteiger partial charge in [-0.3, -0.25) is 9.47 Å². The van der Waals surface area contributed by atoms with Crippen molar-refractivity contribution < 1.29 is 0 Å². The van der Waals surface area contributed by atoms with E-state index in [0.717, 1.165) is 42.0 Å². The molecule has 2 aromatic heterocycles. The lowest BCUT2D eigenvalue weighted by Crippen LogP contribution is -2.21. The second-order valence-electron chi connectivity index (χ2n) is 5.84. The van der Waals surface area contributed by atoms with E-state index in [-0.39, 0.29) is 0 Å². The summed E-state index contributed by atoms with van der Waals surface area (Å²) in [6.45, 7) is 3.08. The molecule has 3 aromatic rings. The van der Waals surface area contributed by atoms with E-state index in [1.165, 1.54) is 24.4 Å². The minimum absolute atomic E-state index is 0.629. The zero-order valence-electron chi connectivity index (χ0n) is 13.5. The maximum atomic E-state index is 6.11. The van der Waals surface area contributed by atoms with E-state index in [1.54, 1.807) is 11.8 Å². The Morgan fingerprint density at radius 2 is 1.88 bits per heavy atom. The van der Waals surface area contributed by atoms with Crippen LogP contribution in [0.4, 0.5) is 0 Å². The molecule has 4 rings (SSSR count). The number of hydrogen-bond donors (Lipinski definition) is 0. The molecule has 0 bridgehead atoms. The smallest absolute Gasteiger partial charge is 0.196 e. The Morgan fingerprint density at radius 1 is 1.08 bits per heavy atom. The second-order valence-corrected chi connectivity index (χ2v) is 8.13. The van der Waals surface area contributed by atoms with E-state index in [4.69, 9.17) is 11.6 Å². The number of halogens is 1. The highest BCUT2D eigenvalue weighted by Gasteiger charge is 2.20. The molecule has 0 amide bonds. The fraction of sp³-hybridized carbons (Fsp3) is 0.375. The first-order chi connectivity index (χ1) is 12.3. The molecule has 0 unspecified atom stereocenters. The molecule has 6 nitrogen and oxygen atoms in total. The minimum Gasteiger partial charge on any atom is -0.296 e. The molecular weight excluding hydrogens is 376 g/mol. The van der Waals surface area contributed by atoms with E-state index in [2.05, 4.69) is 41.4 Å². The third-order valence-corrected chi connectivity index (χ3v) is 6.05. The van der Waals surface area contributed by atoms with Gasteiger partial charge in [-0.2, -0.15) is 0 Å². The average molecular weight is 393 g/mol. The zero-order chi connectivity index (χ0) is 17.1. The van der Waals surface area contributed by atoms with Crippen molar-refractivity contribution in [2.24, 2.45) is 0 Å². The van der Waals surface area contributed by atoms with E-state index in [0.29, 0.717) is 10.1 Å². The van der Waals surface area contributed by atoms with Crippen LogP contribution < -0.4 is 0 Å². The Bertz CT molecular complexity index is 828. The van der Waals surface area contributed by atoms with Crippen molar-refractivity contribution in [2.75, 3.05) is 13.1 Å². The summed E-state index contributed by atoms with van der Waals surface area (Å²) in [6, 6.07) is 10.2. The number of likely N-dealkylation sites (tertiary alicyclic amines) is 1. The third-order valence-electron chi connectivity index (χ3n) is 4.13. The van der Waals surface area contributed by atoms with E-state index < -0.39 is 0 Å². The van der Waals surface area contributed by atoms with Gasteiger partial charge in [0.2, 0.25) is 0 Å². The molecule has 9 heteroatoms. The summed E-state index contributed by atoms with van der Waals surface area (Å²) in [5.41, 5.74) is 1.87. The van der Waals surface area contributed by atoms with E-state index in [1.807, 2.05) is 18.2 Å². The Balaban J connectivity index is 1.61. The summed E-state index contributed by atoms with van der Waals surface area (Å²) in [7, 11) is 0. The number of para-hydroxylation sites is 1. The molecule has 1 saturated heterocycles. The van der Waals surface area contributed by atoms with Crippen LogP contribution >= 0.6 is 34.9 Å². The molecule has 0 spiro atoms. The molecule has 0 aliphatic carbocycles. The lowest BCUT2D eigenvalue weighted by atomic mass is 10.3. The number of rotatable bonds is 6. The van der Waals surface area contributed by atoms with E-state index in [9.17, 15) is 0 Å². The van der Waals surface area contributed by atoms with Gasteiger partial charge in [0.1, 0.15) is 10.0 Å². The normalized spacial score (nSPS) is 15.1. The van der Waals surface area contributed by atoms with Crippen LogP contribution in [0.25, 0.3) is 5.69 Å². The van der Waals surface area contributed by atoms with Crippen LogP contribution in [0.5, 0.6) is 0 Å². The molecule has 0 N–H and O–H groups in total. The summed E-state index contributed by atoms with van der Waals surface area (Å²) in [4.78, 5) is 2.43. The summed E-state index contributed by atoms with van der Waals surface area (Å²) in [6.07, 6.45) is 2.52. The quantitative estimate of drug-likeness (QED) is 0.596. The van der Waals surface area contributed by atoms with Gasteiger partial charge in [0.25, 0.3) is 0 Å². The Morgan fingerprint density at radius 3 is 2.60 bits per heavy atom. The Kier molecular flexibility index (Phi) is 5.30. The largest absolute Gasteiger partial charge is 0.296 e. The summed E-state index contributed by atoms with van der Waals surface area (Å²) in [5.74, 6) is 1.60. The topological polar surface area (TPSA) is 59.7 Å². The highest BCUT2D eigenvalue weighted by atomic mass is 35.5. The summed E-state index contributed by atoms with van der Waals surface area (Å²) < 4.78 is 6.66. The highest BCUT2D eigenvalue weighted by Crippen LogP contribution is 2.28. The van der Waals surface area contributed by atoms with Crippen LogP contribution in [0.15, 0.2) is 35.5 Å². The predicted molar refractivity (Wildman–Crippen MR) is 100 cm³/mol. The number of hydrogen-bond acceptors (Lipinski definition) is 7. The lowest BCUT2D eigenvalue weighted by molar-refractivity contribution is 0.319. The van der Waals surface area contributed by atoms with Gasteiger partial charge in [0.05, 0.1) is 6.54 Å². The first-order valence-electron chi connectivity index (χ1n) is 8.13. The maximum Gasteiger partial charge on any atom is 0.196 e. The fourth-order valence-corrected chi connectivity index (χ4v) is 4.59. The standard InChI is InChI=1S/C16H17ClN6S2/c17-15-13(18-21-25-15)11-24-16-20-19-14(10-22-8-4-5-9-22)23(16)12-6-2-1-3-7-12/h1-3,6-7H,4-5,8-11H2. The van der Waals surface area contributed by atoms with Gasteiger partial charge in [-0.25, -0.2) is 0 Å². The first-order valence-corrected chi connectivity index (χ1v) is 10.3. The minimum atomic E-state index is 0.629. The van der Waals surface area contributed by atoms with Crippen LogP contribution in [0.3, 0.4) is 0 Å². The first kappa shape index (κ1) is 17.0. The predicted octanol–water partition coefficient (Wildman–Crippen LogP) is 3.66. The monoisotopic (exact) mass is 392 g/mol. The van der Waals surface area contributed by atoms with E-state index >= 15 is 0 Å². The van der Waals surface area contributed by atoms with Crippen LogP contribution in [0, 0.1) is 0 Å². The van der Waals surface area contributed by atoms with Gasteiger partial charge >= 0.3 is 0 Å². The zero-order valence-corrected chi connectivity index (χ0v) is 15.9. The number of aromatic nitrogens is 5. The van der Waals surface area contributed by atoms with Gasteiger partial charge in [-0.05, 0) is 38.1 Å².